The summed E-state index contributed by atoms with van der Waals surface area (Å²) in [5.41, 5.74) is 0. The third-order valence-corrected chi connectivity index (χ3v) is 7.12. The highest BCUT2D eigenvalue weighted by Crippen LogP contribution is 2.35. The van der Waals surface area contributed by atoms with Gasteiger partial charge < -0.3 is 5.32 Å². The van der Waals surface area contributed by atoms with Gasteiger partial charge in [-0.2, -0.15) is 0 Å². The molecule has 0 aromatic carbocycles. The van der Waals surface area contributed by atoms with Crippen LogP contribution in [-0.4, -0.2) is 45.5 Å². The highest BCUT2D eigenvalue weighted by Gasteiger charge is 2.40. The summed E-state index contributed by atoms with van der Waals surface area (Å²) in [5, 5.41) is 2.65. The molecule has 2 unspecified atom stereocenters. The van der Waals surface area contributed by atoms with Crippen LogP contribution in [0.25, 0.3) is 0 Å². The van der Waals surface area contributed by atoms with Gasteiger partial charge >= 0.3 is 0 Å². The molecule has 2 fully saturated rings. The van der Waals surface area contributed by atoms with Crippen molar-refractivity contribution in [2.45, 2.75) is 43.9 Å². The average molecular weight is 321 g/mol. The quantitative estimate of drug-likeness (QED) is 0.621. The lowest BCUT2D eigenvalue weighted by Crippen LogP contribution is -2.60. The maximum Gasteiger partial charge on any atom is 0.257 e. The fraction of sp³-hybridized carbons (Fsp3) is 0.833. The second-order valence-corrected chi connectivity index (χ2v) is 8.43. The van der Waals surface area contributed by atoms with Crippen LogP contribution < -0.4 is 5.32 Å². The predicted octanol–water partition coefficient (Wildman–Crippen LogP) is 2.94. The molecule has 0 saturated carbocycles. The Labute approximate surface area is 126 Å². The van der Waals surface area contributed by atoms with Gasteiger partial charge in [-0.1, -0.05) is 35.9 Å². The Morgan fingerprint density at radius 3 is 2.74 bits per heavy atom. The van der Waals surface area contributed by atoms with Crippen LogP contribution in [0.1, 0.15) is 32.6 Å². The van der Waals surface area contributed by atoms with Crippen molar-refractivity contribution in [3.8, 4) is 0 Å². The van der Waals surface area contributed by atoms with E-state index in [1.807, 2.05) is 6.92 Å². The zero-order chi connectivity index (χ0) is 13.7. The van der Waals surface area contributed by atoms with Crippen LogP contribution in [0.4, 0.5) is 4.79 Å². The SMILES string of the molecule is CCC1NC(=O)C1SC(=O)SSCN1CCCCC1. The minimum atomic E-state index is -0.166. The van der Waals surface area contributed by atoms with Gasteiger partial charge in [-0.25, -0.2) is 0 Å². The highest BCUT2D eigenvalue weighted by atomic mass is 33.1. The average Bonchev–Trinajstić information content (AvgIpc) is 2.43. The molecule has 19 heavy (non-hydrogen) atoms. The normalized spacial score (nSPS) is 27.7. The molecular weight excluding hydrogens is 300 g/mol. The Bertz CT molecular complexity index is 335. The summed E-state index contributed by atoms with van der Waals surface area (Å²) in [6.45, 7) is 4.33. The molecule has 0 spiro atoms. The predicted molar refractivity (Wildman–Crippen MR) is 84.5 cm³/mol. The van der Waals surface area contributed by atoms with Crippen molar-refractivity contribution in [1.29, 1.82) is 0 Å². The summed E-state index contributed by atoms with van der Waals surface area (Å²) in [5.74, 6) is 0.914. The number of carbonyl (C=O) groups is 2. The minimum absolute atomic E-state index is 0.00632. The largest absolute Gasteiger partial charge is 0.351 e. The van der Waals surface area contributed by atoms with E-state index in [1.165, 1.54) is 41.8 Å². The summed E-state index contributed by atoms with van der Waals surface area (Å²) in [7, 11) is 2.88. The van der Waals surface area contributed by atoms with Crippen molar-refractivity contribution < 1.29 is 9.59 Å². The van der Waals surface area contributed by atoms with E-state index in [2.05, 4.69) is 10.2 Å². The Morgan fingerprint density at radius 2 is 2.11 bits per heavy atom. The van der Waals surface area contributed by atoms with Gasteiger partial charge in [0.2, 0.25) is 5.91 Å². The Hall–Kier alpha value is 0.150. The topological polar surface area (TPSA) is 49.4 Å². The monoisotopic (exact) mass is 320 g/mol. The summed E-state index contributed by atoms with van der Waals surface area (Å²) >= 11 is 1.19. The molecule has 2 rings (SSSR count). The number of nitrogens with one attached hydrogen (secondary N) is 1. The van der Waals surface area contributed by atoms with Gasteiger partial charge in [-0.3, -0.25) is 14.5 Å². The molecule has 0 aromatic heterocycles. The van der Waals surface area contributed by atoms with Crippen molar-refractivity contribution in [3.05, 3.63) is 0 Å². The Morgan fingerprint density at radius 1 is 1.37 bits per heavy atom. The molecule has 4 nitrogen and oxygen atoms in total. The zero-order valence-electron chi connectivity index (χ0n) is 11.1. The van der Waals surface area contributed by atoms with E-state index in [0.29, 0.717) is 0 Å². The third kappa shape index (κ3) is 4.58. The number of carbonyl (C=O) groups excluding carboxylic acids is 2. The summed E-state index contributed by atoms with van der Waals surface area (Å²) < 4.78 is 0.0558. The minimum Gasteiger partial charge on any atom is -0.351 e. The first kappa shape index (κ1) is 15.5. The molecule has 0 radical (unpaired) electrons. The lowest BCUT2D eigenvalue weighted by atomic mass is 10.0. The number of thioether (sulfide) groups is 1. The molecule has 0 aromatic rings. The van der Waals surface area contributed by atoms with Crippen molar-refractivity contribution in [3.63, 3.8) is 0 Å². The first-order valence-electron chi connectivity index (χ1n) is 6.73. The Kier molecular flexibility index (Phi) is 6.38. The fourth-order valence-electron chi connectivity index (χ4n) is 2.24. The first-order chi connectivity index (χ1) is 9.20. The van der Waals surface area contributed by atoms with E-state index in [9.17, 15) is 9.59 Å². The molecule has 2 atom stereocenters. The number of piperidine rings is 1. The molecule has 0 bridgehead atoms. The van der Waals surface area contributed by atoms with Crippen LogP contribution in [-0.2, 0) is 4.79 Å². The molecular formula is C12H20N2O2S3. The standard InChI is InChI=1S/C12H20N2O2S3/c1-2-9-10(11(15)13-9)18-12(16)19-17-8-14-6-4-3-5-7-14/h9-10H,2-8H2,1H3,(H,13,15). The molecule has 1 amide bonds. The molecule has 2 aliphatic rings. The summed E-state index contributed by atoms with van der Waals surface area (Å²) in [6, 6.07) is 0.175. The highest BCUT2D eigenvalue weighted by molar-refractivity contribution is 8.86. The van der Waals surface area contributed by atoms with Crippen LogP contribution in [0.15, 0.2) is 0 Å². The number of hydrogen-bond donors (Lipinski definition) is 1. The van der Waals surface area contributed by atoms with Crippen LogP contribution in [0.3, 0.4) is 0 Å². The lowest BCUT2D eigenvalue weighted by molar-refractivity contribution is -0.127. The fourth-order valence-corrected chi connectivity index (χ4v) is 5.75. The Balaban J connectivity index is 1.60. The molecule has 0 aliphatic carbocycles. The van der Waals surface area contributed by atoms with Crippen LogP contribution in [0, 0.1) is 0 Å². The maximum absolute atomic E-state index is 11.8. The van der Waals surface area contributed by atoms with Crippen LogP contribution in [0.5, 0.6) is 0 Å². The molecule has 7 heteroatoms. The van der Waals surface area contributed by atoms with Gasteiger partial charge in [0.1, 0.15) is 5.25 Å². The van der Waals surface area contributed by atoms with Gasteiger partial charge in [-0.05, 0) is 43.1 Å². The zero-order valence-corrected chi connectivity index (χ0v) is 13.5. The number of nitrogens with zero attached hydrogens (tertiary/aromatic N) is 1. The molecule has 1 N–H and O–H groups in total. The van der Waals surface area contributed by atoms with Crippen LogP contribution in [0.2, 0.25) is 0 Å². The van der Waals surface area contributed by atoms with Crippen molar-refractivity contribution in [2.24, 2.45) is 0 Å². The van der Waals surface area contributed by atoms with Gasteiger partial charge in [-0.15, -0.1) is 0 Å². The third-order valence-electron chi connectivity index (χ3n) is 3.43. The molecule has 2 heterocycles. The first-order valence-corrected chi connectivity index (χ1v) is 9.93. The number of β-lactam (4-membered cyclic amide) rings is 1. The van der Waals surface area contributed by atoms with Gasteiger partial charge in [0, 0.05) is 6.04 Å². The van der Waals surface area contributed by atoms with Crippen LogP contribution >= 0.6 is 33.3 Å². The van der Waals surface area contributed by atoms with E-state index in [-0.39, 0.29) is 21.6 Å². The summed E-state index contributed by atoms with van der Waals surface area (Å²) in [6.07, 6.45) is 4.77. The van der Waals surface area contributed by atoms with Crippen molar-refractivity contribution >= 4 is 43.7 Å². The molecule has 2 saturated heterocycles. The summed E-state index contributed by atoms with van der Waals surface area (Å²) in [4.78, 5) is 25.5. The maximum atomic E-state index is 11.8. The van der Waals surface area contributed by atoms with Crippen molar-refractivity contribution in [2.75, 3.05) is 19.0 Å². The van der Waals surface area contributed by atoms with Crippen molar-refractivity contribution in [1.82, 2.24) is 10.2 Å². The number of rotatable bonds is 5. The van der Waals surface area contributed by atoms with Gasteiger partial charge in [0.05, 0.1) is 5.88 Å². The van der Waals surface area contributed by atoms with E-state index in [1.54, 1.807) is 10.8 Å². The number of hydrogen-bond acceptors (Lipinski definition) is 6. The second-order valence-electron chi connectivity index (χ2n) is 4.82. The number of amides is 1. The second kappa shape index (κ2) is 7.81. The molecule has 2 aliphatic heterocycles. The number of likely N-dealkylation sites (tertiary alicyclic amines) is 1. The van der Waals surface area contributed by atoms with Gasteiger partial charge in [0.15, 0.2) is 0 Å². The van der Waals surface area contributed by atoms with E-state index in [0.717, 1.165) is 25.4 Å². The van der Waals surface area contributed by atoms with E-state index < -0.39 is 0 Å². The van der Waals surface area contributed by atoms with E-state index in [4.69, 9.17) is 0 Å². The van der Waals surface area contributed by atoms with Gasteiger partial charge in [0.25, 0.3) is 4.45 Å². The molecule has 108 valence electrons. The lowest BCUT2D eigenvalue weighted by Gasteiger charge is -2.34. The smallest absolute Gasteiger partial charge is 0.257 e. The van der Waals surface area contributed by atoms with E-state index >= 15 is 0 Å².